The third-order valence-corrected chi connectivity index (χ3v) is 7.51. The van der Waals surface area contributed by atoms with Crippen molar-refractivity contribution in [3.8, 4) is 0 Å². The minimum atomic E-state index is -0.587. The molecule has 2 fully saturated rings. The molecule has 3 amide bonds. The molecule has 0 bridgehead atoms. The molecule has 2 aliphatic heterocycles. The summed E-state index contributed by atoms with van der Waals surface area (Å²) in [5.41, 5.74) is 0.339. The van der Waals surface area contributed by atoms with Crippen molar-refractivity contribution in [3.63, 3.8) is 0 Å². The Morgan fingerprint density at radius 3 is 2.68 bits per heavy atom. The average Bonchev–Trinajstić information content (AvgIpc) is 3.41. The molecule has 2 N–H and O–H groups in total. The van der Waals surface area contributed by atoms with Gasteiger partial charge < -0.3 is 25.2 Å². The quantitative estimate of drug-likeness (QED) is 0.538. The summed E-state index contributed by atoms with van der Waals surface area (Å²) >= 11 is 7.09. The third kappa shape index (κ3) is 7.13. The number of amides is 3. The van der Waals surface area contributed by atoms with E-state index in [-0.39, 0.29) is 30.2 Å². The Morgan fingerprint density at radius 2 is 2.00 bits per heavy atom. The fourth-order valence-electron chi connectivity index (χ4n) is 4.64. The molecule has 2 unspecified atom stereocenters. The van der Waals surface area contributed by atoms with Crippen molar-refractivity contribution in [2.24, 2.45) is 5.92 Å². The number of rotatable bonds is 6. The van der Waals surface area contributed by atoms with Crippen LogP contribution < -0.4 is 20.4 Å². The first-order valence-electron chi connectivity index (χ1n) is 12.4. The number of carbonyl (C=O) groups excluding carboxylic acids is 3. The van der Waals surface area contributed by atoms with Crippen molar-refractivity contribution in [2.75, 3.05) is 36.0 Å². The molecule has 4 rings (SSSR count). The molecule has 8 nitrogen and oxygen atoms in total. The molecule has 0 saturated carbocycles. The van der Waals surface area contributed by atoms with Gasteiger partial charge in [0.2, 0.25) is 5.91 Å². The number of alkyl carbamates (subject to hydrolysis) is 1. The zero-order valence-corrected chi connectivity index (χ0v) is 22.8. The van der Waals surface area contributed by atoms with Crippen LogP contribution in [0.2, 0.25) is 4.34 Å². The second kappa shape index (κ2) is 11.3. The van der Waals surface area contributed by atoms with E-state index in [1.165, 1.54) is 17.4 Å². The van der Waals surface area contributed by atoms with E-state index in [4.69, 9.17) is 16.3 Å². The molecule has 3 heterocycles. The van der Waals surface area contributed by atoms with E-state index in [1.54, 1.807) is 29.2 Å². The molecule has 1 aromatic heterocycles. The van der Waals surface area contributed by atoms with Gasteiger partial charge in [0.05, 0.1) is 14.9 Å². The van der Waals surface area contributed by atoms with Crippen LogP contribution in [0.25, 0.3) is 0 Å². The minimum absolute atomic E-state index is 0.0728. The molecule has 0 radical (unpaired) electrons. The van der Waals surface area contributed by atoms with Crippen molar-refractivity contribution < 1.29 is 23.5 Å². The number of hydrogen-bond acceptors (Lipinski definition) is 6. The van der Waals surface area contributed by atoms with E-state index in [0.29, 0.717) is 46.8 Å². The molecule has 2 saturated heterocycles. The number of piperidine rings is 1. The van der Waals surface area contributed by atoms with Gasteiger partial charge in [-0.1, -0.05) is 11.6 Å². The van der Waals surface area contributed by atoms with Crippen LogP contribution in [0.1, 0.15) is 49.7 Å². The van der Waals surface area contributed by atoms with E-state index < -0.39 is 17.5 Å². The first kappa shape index (κ1) is 27.2. The second-order valence-electron chi connectivity index (χ2n) is 10.5. The van der Waals surface area contributed by atoms with Crippen molar-refractivity contribution >= 4 is 52.2 Å². The molecule has 11 heteroatoms. The van der Waals surface area contributed by atoms with Crippen molar-refractivity contribution in [1.82, 2.24) is 10.6 Å². The SMILES string of the molecule is CC(C)(C)OC(=O)NC1CCCN(c2ccc(N3CC(CNC(=O)c4ccc(Cl)s4)CC3=O)cc2F)C1. The second-order valence-corrected chi connectivity index (χ2v) is 12.2. The zero-order chi connectivity index (χ0) is 26.7. The number of anilines is 2. The maximum atomic E-state index is 15.2. The van der Waals surface area contributed by atoms with Gasteiger partial charge in [-0.05, 0) is 63.9 Å². The van der Waals surface area contributed by atoms with Crippen LogP contribution in [-0.2, 0) is 9.53 Å². The molecule has 2 atom stereocenters. The number of ether oxygens (including phenoxy) is 1. The number of hydrogen-bond donors (Lipinski definition) is 2. The molecule has 0 aliphatic carbocycles. The lowest BCUT2D eigenvalue weighted by molar-refractivity contribution is -0.117. The molecule has 2 aliphatic rings. The number of thiophene rings is 1. The number of nitrogens with zero attached hydrogens (tertiary/aromatic N) is 2. The summed E-state index contributed by atoms with van der Waals surface area (Å²) in [6.45, 7) is 7.30. The van der Waals surface area contributed by atoms with Crippen molar-refractivity contribution in [2.45, 2.75) is 51.7 Å². The van der Waals surface area contributed by atoms with Crippen LogP contribution in [0.15, 0.2) is 30.3 Å². The Morgan fingerprint density at radius 1 is 1.22 bits per heavy atom. The molecule has 0 spiro atoms. The lowest BCUT2D eigenvalue weighted by atomic mass is 10.0. The number of halogens is 2. The summed E-state index contributed by atoms with van der Waals surface area (Å²) in [5, 5.41) is 5.73. The fraction of sp³-hybridized carbons (Fsp3) is 0.500. The van der Waals surface area contributed by atoms with Gasteiger partial charge in [-0.2, -0.15) is 0 Å². The predicted octanol–water partition coefficient (Wildman–Crippen LogP) is 4.82. The summed E-state index contributed by atoms with van der Waals surface area (Å²) in [4.78, 5) is 41.1. The summed E-state index contributed by atoms with van der Waals surface area (Å²) in [6.07, 6.45) is 1.39. The summed E-state index contributed by atoms with van der Waals surface area (Å²) in [5.74, 6) is -0.824. The Labute approximate surface area is 225 Å². The van der Waals surface area contributed by atoms with Gasteiger partial charge in [-0.25, -0.2) is 9.18 Å². The maximum Gasteiger partial charge on any atom is 0.407 e. The zero-order valence-electron chi connectivity index (χ0n) is 21.2. The Bertz CT molecular complexity index is 1170. The summed E-state index contributed by atoms with van der Waals surface area (Å²) < 4.78 is 21.1. The van der Waals surface area contributed by atoms with Crippen molar-refractivity contribution in [3.05, 3.63) is 45.4 Å². The fourth-order valence-corrected chi connectivity index (χ4v) is 5.60. The monoisotopic (exact) mass is 550 g/mol. The molecule has 2 aromatic rings. The van der Waals surface area contributed by atoms with E-state index in [1.807, 2.05) is 25.7 Å². The number of benzene rings is 1. The lowest BCUT2D eigenvalue weighted by Gasteiger charge is -2.35. The first-order valence-corrected chi connectivity index (χ1v) is 13.6. The molecular formula is C26H32ClFN4O4S. The van der Waals surface area contributed by atoms with Crippen LogP contribution in [0.5, 0.6) is 0 Å². The highest BCUT2D eigenvalue weighted by molar-refractivity contribution is 7.18. The van der Waals surface area contributed by atoms with Gasteiger partial charge in [-0.15, -0.1) is 11.3 Å². The standard InChI is InChI=1S/C26H32ClFN4O4S/c1-26(2,3)36-25(35)30-17-5-4-10-31(15-17)20-7-6-18(12-19(20)28)32-14-16(11-23(32)33)13-29-24(34)21-8-9-22(27)37-21/h6-9,12,16-17H,4-5,10-11,13-15H2,1-3H3,(H,29,34)(H,30,35). The highest BCUT2D eigenvalue weighted by atomic mass is 35.5. The van der Waals surface area contributed by atoms with E-state index in [9.17, 15) is 14.4 Å². The average molecular weight is 551 g/mol. The predicted molar refractivity (Wildman–Crippen MR) is 143 cm³/mol. The summed E-state index contributed by atoms with van der Waals surface area (Å²) in [6, 6.07) is 7.99. The normalized spacial score (nSPS) is 20.2. The van der Waals surface area contributed by atoms with Gasteiger partial charge in [0.15, 0.2) is 0 Å². The topological polar surface area (TPSA) is 91.0 Å². The van der Waals surface area contributed by atoms with E-state index >= 15 is 4.39 Å². The van der Waals surface area contributed by atoms with Gasteiger partial charge in [0, 0.05) is 50.2 Å². The largest absolute Gasteiger partial charge is 0.444 e. The summed E-state index contributed by atoms with van der Waals surface area (Å²) in [7, 11) is 0. The van der Waals surface area contributed by atoms with E-state index in [0.717, 1.165) is 12.8 Å². The molecular weight excluding hydrogens is 519 g/mol. The highest BCUT2D eigenvalue weighted by Gasteiger charge is 2.32. The maximum absolute atomic E-state index is 15.2. The molecule has 200 valence electrons. The Hall–Kier alpha value is -2.85. The molecule has 37 heavy (non-hydrogen) atoms. The van der Waals surface area contributed by atoms with Crippen LogP contribution in [-0.4, -0.2) is 55.7 Å². The van der Waals surface area contributed by atoms with Crippen LogP contribution >= 0.6 is 22.9 Å². The van der Waals surface area contributed by atoms with Crippen LogP contribution in [0.3, 0.4) is 0 Å². The van der Waals surface area contributed by atoms with Gasteiger partial charge >= 0.3 is 6.09 Å². The third-order valence-electron chi connectivity index (χ3n) is 6.28. The lowest BCUT2D eigenvalue weighted by Crippen LogP contribution is -2.49. The van der Waals surface area contributed by atoms with E-state index in [2.05, 4.69) is 10.6 Å². The highest BCUT2D eigenvalue weighted by Crippen LogP contribution is 2.31. The van der Waals surface area contributed by atoms with Gasteiger partial charge in [0.1, 0.15) is 11.4 Å². The van der Waals surface area contributed by atoms with Crippen LogP contribution in [0.4, 0.5) is 20.6 Å². The number of nitrogens with one attached hydrogen (secondary N) is 2. The van der Waals surface area contributed by atoms with Gasteiger partial charge in [-0.3, -0.25) is 9.59 Å². The van der Waals surface area contributed by atoms with Crippen molar-refractivity contribution in [1.29, 1.82) is 0 Å². The molecule has 1 aromatic carbocycles. The smallest absolute Gasteiger partial charge is 0.407 e. The minimum Gasteiger partial charge on any atom is -0.444 e. The van der Waals surface area contributed by atoms with Gasteiger partial charge in [0.25, 0.3) is 5.91 Å². The van der Waals surface area contributed by atoms with Crippen LogP contribution in [0, 0.1) is 11.7 Å². The Kier molecular flexibility index (Phi) is 8.28. The number of carbonyl (C=O) groups is 3. The first-order chi connectivity index (χ1) is 17.5. The Balaban J connectivity index is 1.34.